The summed E-state index contributed by atoms with van der Waals surface area (Å²) >= 11 is 0. The normalized spacial score (nSPS) is 22.8. The van der Waals surface area contributed by atoms with Crippen molar-refractivity contribution in [2.24, 2.45) is 0 Å². The second-order valence-electron chi connectivity index (χ2n) is 6.25. The molecule has 0 saturated carbocycles. The number of urea groups is 3. The Kier molecular flexibility index (Phi) is 7.12. The molecular formula is C15H30N6O3. The van der Waals surface area contributed by atoms with Gasteiger partial charge in [-0.15, -0.1) is 0 Å². The lowest BCUT2D eigenvalue weighted by molar-refractivity contribution is 0.191. The van der Waals surface area contributed by atoms with E-state index in [1.54, 1.807) is 14.1 Å². The fourth-order valence-corrected chi connectivity index (χ4v) is 2.27. The zero-order chi connectivity index (χ0) is 18.4. The highest BCUT2D eigenvalue weighted by atomic mass is 16.2. The van der Waals surface area contributed by atoms with Crippen LogP contribution in [0, 0.1) is 0 Å². The number of rotatable bonds is 6. The first-order valence-electron chi connectivity index (χ1n) is 8.34. The summed E-state index contributed by atoms with van der Waals surface area (Å²) in [5.41, 5.74) is 0. The van der Waals surface area contributed by atoms with Crippen molar-refractivity contribution in [3.63, 3.8) is 0 Å². The Morgan fingerprint density at radius 3 is 1.54 bits per heavy atom. The van der Waals surface area contributed by atoms with Gasteiger partial charge in [0.2, 0.25) is 0 Å². The third-order valence-corrected chi connectivity index (χ3v) is 4.27. The second kappa shape index (κ2) is 8.60. The van der Waals surface area contributed by atoms with Crippen molar-refractivity contribution in [3.8, 4) is 0 Å². The van der Waals surface area contributed by atoms with Crippen LogP contribution in [0.3, 0.4) is 0 Å². The van der Waals surface area contributed by atoms with Crippen LogP contribution in [-0.4, -0.2) is 66.4 Å². The van der Waals surface area contributed by atoms with Crippen LogP contribution in [0.4, 0.5) is 14.4 Å². The van der Waals surface area contributed by atoms with Crippen LogP contribution < -0.4 is 21.3 Å². The summed E-state index contributed by atoms with van der Waals surface area (Å²) in [6.07, 6.45) is 0.279. The van der Waals surface area contributed by atoms with Crippen LogP contribution in [0.1, 0.15) is 40.5 Å². The summed E-state index contributed by atoms with van der Waals surface area (Å²) in [7, 11) is 3.17. The van der Waals surface area contributed by atoms with Gasteiger partial charge < -0.3 is 31.1 Å². The third-order valence-electron chi connectivity index (χ3n) is 4.27. The van der Waals surface area contributed by atoms with Crippen LogP contribution in [-0.2, 0) is 0 Å². The highest BCUT2D eigenvalue weighted by Gasteiger charge is 2.43. The summed E-state index contributed by atoms with van der Waals surface area (Å²) in [6, 6.07) is -0.995. The lowest BCUT2D eigenvalue weighted by Crippen LogP contribution is -2.60. The standard InChI is InChI=1S/C15H30N6O3/c1-7-9(3)16-13(22)18-11-12(21(6)15(24)20(11)5)19-14(23)17-10(4)8-2/h9-12H,7-8H2,1-6H3,(H2,16,18,22)(H2,17,19,23)/t9-,10+,11-,12-/m0/s1. The van der Waals surface area contributed by atoms with Gasteiger partial charge in [0.05, 0.1) is 0 Å². The number of amides is 6. The van der Waals surface area contributed by atoms with Gasteiger partial charge in [0, 0.05) is 26.2 Å². The van der Waals surface area contributed by atoms with Crippen LogP contribution in [0.2, 0.25) is 0 Å². The molecule has 1 fully saturated rings. The molecule has 0 aliphatic carbocycles. The number of likely N-dealkylation sites (N-methyl/N-ethyl adjacent to an activating group) is 2. The Morgan fingerprint density at radius 2 is 1.25 bits per heavy atom. The molecule has 4 atom stereocenters. The Bertz CT molecular complexity index is 432. The van der Waals surface area contributed by atoms with Crippen LogP contribution in [0.25, 0.3) is 0 Å². The molecule has 9 nitrogen and oxygen atoms in total. The molecule has 138 valence electrons. The third kappa shape index (κ3) is 4.90. The fraction of sp³-hybridized carbons (Fsp3) is 0.800. The van der Waals surface area contributed by atoms with Crippen molar-refractivity contribution in [2.45, 2.75) is 65.0 Å². The van der Waals surface area contributed by atoms with Crippen molar-refractivity contribution < 1.29 is 14.4 Å². The lowest BCUT2D eigenvalue weighted by Gasteiger charge is -2.28. The van der Waals surface area contributed by atoms with E-state index < -0.39 is 12.3 Å². The molecule has 1 saturated heterocycles. The van der Waals surface area contributed by atoms with Crippen molar-refractivity contribution in [1.82, 2.24) is 31.1 Å². The van der Waals surface area contributed by atoms with E-state index in [0.29, 0.717) is 0 Å². The average Bonchev–Trinajstić information content (AvgIpc) is 2.72. The number of hydrogen-bond acceptors (Lipinski definition) is 3. The minimum absolute atomic E-state index is 0.0188. The molecule has 0 spiro atoms. The molecule has 9 heteroatoms. The number of hydrogen-bond donors (Lipinski definition) is 4. The van der Waals surface area contributed by atoms with E-state index in [-0.39, 0.29) is 30.2 Å². The number of nitrogens with zero attached hydrogens (tertiary/aromatic N) is 2. The molecule has 0 radical (unpaired) electrons. The summed E-state index contributed by atoms with van der Waals surface area (Å²) < 4.78 is 0. The maximum atomic E-state index is 12.2. The largest absolute Gasteiger partial charge is 0.336 e. The summed E-state index contributed by atoms with van der Waals surface area (Å²) in [6.45, 7) is 7.72. The molecule has 24 heavy (non-hydrogen) atoms. The van der Waals surface area contributed by atoms with Gasteiger partial charge >= 0.3 is 18.1 Å². The van der Waals surface area contributed by atoms with E-state index in [1.165, 1.54) is 9.80 Å². The van der Waals surface area contributed by atoms with Crippen molar-refractivity contribution in [1.29, 1.82) is 0 Å². The number of carbonyl (C=O) groups excluding carboxylic acids is 3. The van der Waals surface area contributed by atoms with Gasteiger partial charge in [-0.2, -0.15) is 0 Å². The molecule has 0 aromatic rings. The maximum Gasteiger partial charge on any atom is 0.323 e. The molecule has 1 rings (SSSR count). The Labute approximate surface area is 143 Å². The first-order valence-corrected chi connectivity index (χ1v) is 8.34. The Morgan fingerprint density at radius 1 is 0.917 bits per heavy atom. The highest BCUT2D eigenvalue weighted by Crippen LogP contribution is 2.16. The average molecular weight is 342 g/mol. The van der Waals surface area contributed by atoms with Crippen LogP contribution in [0.5, 0.6) is 0 Å². The van der Waals surface area contributed by atoms with Crippen molar-refractivity contribution in [2.75, 3.05) is 14.1 Å². The van der Waals surface area contributed by atoms with Crippen LogP contribution >= 0.6 is 0 Å². The zero-order valence-corrected chi connectivity index (χ0v) is 15.3. The zero-order valence-electron chi connectivity index (χ0n) is 15.3. The minimum atomic E-state index is -0.658. The van der Waals surface area contributed by atoms with Gasteiger partial charge in [-0.3, -0.25) is 0 Å². The molecule has 0 aromatic carbocycles. The van der Waals surface area contributed by atoms with E-state index in [1.807, 2.05) is 27.7 Å². The summed E-state index contributed by atoms with van der Waals surface area (Å²) in [4.78, 5) is 39.1. The minimum Gasteiger partial charge on any atom is -0.336 e. The van der Waals surface area contributed by atoms with Gasteiger partial charge in [-0.25, -0.2) is 14.4 Å². The second-order valence-corrected chi connectivity index (χ2v) is 6.25. The maximum absolute atomic E-state index is 12.2. The molecule has 1 heterocycles. The van der Waals surface area contributed by atoms with Gasteiger partial charge in [-0.1, -0.05) is 13.8 Å². The fourth-order valence-electron chi connectivity index (χ4n) is 2.27. The van der Waals surface area contributed by atoms with E-state index >= 15 is 0 Å². The quantitative estimate of drug-likeness (QED) is 0.574. The molecule has 4 N–H and O–H groups in total. The molecule has 0 bridgehead atoms. The molecule has 1 aliphatic heterocycles. The first kappa shape index (κ1) is 19.9. The Balaban J connectivity index is 2.76. The lowest BCUT2D eigenvalue weighted by atomic mass is 10.2. The molecular weight excluding hydrogens is 312 g/mol. The van der Waals surface area contributed by atoms with Gasteiger partial charge in [0.1, 0.15) is 12.3 Å². The molecule has 1 aliphatic rings. The van der Waals surface area contributed by atoms with Crippen molar-refractivity contribution in [3.05, 3.63) is 0 Å². The van der Waals surface area contributed by atoms with E-state index in [4.69, 9.17) is 0 Å². The van der Waals surface area contributed by atoms with Crippen LogP contribution in [0.15, 0.2) is 0 Å². The number of carbonyl (C=O) groups is 3. The monoisotopic (exact) mass is 342 g/mol. The number of nitrogens with one attached hydrogen (secondary N) is 4. The van der Waals surface area contributed by atoms with Gasteiger partial charge in [-0.05, 0) is 26.7 Å². The predicted octanol–water partition coefficient (Wildman–Crippen LogP) is 0.831. The SMILES string of the molecule is CC[C@@H](C)NC(=O)N[C@@H]1[C@@H](NC(=O)N[C@@H](C)CC)N(C)C(=O)N1C. The highest BCUT2D eigenvalue weighted by molar-refractivity contribution is 5.82. The topological polar surface area (TPSA) is 106 Å². The smallest absolute Gasteiger partial charge is 0.323 e. The van der Waals surface area contributed by atoms with Crippen molar-refractivity contribution >= 4 is 18.1 Å². The van der Waals surface area contributed by atoms with Gasteiger partial charge in [0.25, 0.3) is 0 Å². The van der Waals surface area contributed by atoms with Gasteiger partial charge in [0.15, 0.2) is 0 Å². The molecule has 6 amide bonds. The van der Waals surface area contributed by atoms with E-state index in [2.05, 4.69) is 21.3 Å². The Hall–Kier alpha value is -2.19. The first-order chi connectivity index (χ1) is 11.2. The van der Waals surface area contributed by atoms with E-state index in [9.17, 15) is 14.4 Å². The molecule has 0 unspecified atom stereocenters. The summed E-state index contributed by atoms with van der Waals surface area (Å²) in [5.74, 6) is 0. The summed E-state index contributed by atoms with van der Waals surface area (Å²) in [5, 5.41) is 11.1. The predicted molar refractivity (Wildman–Crippen MR) is 91.3 cm³/mol. The van der Waals surface area contributed by atoms with E-state index in [0.717, 1.165) is 12.8 Å². The molecule has 0 aromatic heterocycles.